The van der Waals surface area contributed by atoms with Crippen molar-refractivity contribution in [3.8, 4) is 0 Å². The summed E-state index contributed by atoms with van der Waals surface area (Å²) in [5.74, 6) is 0.342. The van der Waals surface area contributed by atoms with Crippen molar-refractivity contribution < 1.29 is 4.79 Å². The van der Waals surface area contributed by atoms with Gasteiger partial charge in [-0.05, 0) is 47.4 Å². The number of carbonyl (C=O) groups excluding carboxylic acids is 1. The molecule has 0 N–H and O–H groups in total. The lowest BCUT2D eigenvalue weighted by Crippen LogP contribution is -2.09. The van der Waals surface area contributed by atoms with Gasteiger partial charge in [0.25, 0.3) is 0 Å². The molecule has 78 valence electrons. The van der Waals surface area contributed by atoms with Gasteiger partial charge >= 0.3 is 0 Å². The van der Waals surface area contributed by atoms with E-state index in [9.17, 15) is 4.79 Å². The van der Waals surface area contributed by atoms with Gasteiger partial charge in [0.05, 0.1) is 0 Å². The molecule has 0 aliphatic heterocycles. The fourth-order valence-electron chi connectivity index (χ4n) is 1.87. The van der Waals surface area contributed by atoms with Crippen LogP contribution in [0.5, 0.6) is 0 Å². The Bertz CT molecular complexity index is 392. The van der Waals surface area contributed by atoms with E-state index < -0.39 is 0 Å². The first-order valence-corrected chi connectivity index (χ1v) is 6.34. The van der Waals surface area contributed by atoms with Crippen molar-refractivity contribution >= 4 is 32.0 Å². The van der Waals surface area contributed by atoms with Crippen molar-refractivity contribution in [2.75, 3.05) is 0 Å². The van der Waals surface area contributed by atoms with Crippen LogP contribution in [0.25, 0.3) is 3.58 Å². The smallest absolute Gasteiger partial charge is 0.159 e. The summed E-state index contributed by atoms with van der Waals surface area (Å²) in [5.41, 5.74) is 2.20. The highest BCUT2D eigenvalue weighted by molar-refractivity contribution is 14.1. The van der Waals surface area contributed by atoms with Crippen molar-refractivity contribution in [3.63, 3.8) is 0 Å². The molecule has 1 nitrogen and oxygen atoms in total. The molecule has 0 amide bonds. The fourth-order valence-corrected chi connectivity index (χ4v) is 2.80. The quantitative estimate of drug-likeness (QED) is 0.566. The van der Waals surface area contributed by atoms with Crippen LogP contribution in [0.2, 0.25) is 0 Å². The van der Waals surface area contributed by atoms with Gasteiger partial charge < -0.3 is 0 Å². The highest BCUT2D eigenvalue weighted by Crippen LogP contribution is 2.32. The molecule has 1 aromatic rings. The first kappa shape index (κ1) is 10.9. The molecule has 0 aromatic heterocycles. The molecule has 0 heterocycles. The lowest BCUT2D eigenvalue weighted by atomic mass is 9.92. The topological polar surface area (TPSA) is 17.1 Å². The van der Waals surface area contributed by atoms with E-state index in [1.54, 1.807) is 0 Å². The van der Waals surface area contributed by atoms with Gasteiger partial charge in [-0.25, -0.2) is 0 Å². The van der Waals surface area contributed by atoms with Crippen molar-refractivity contribution in [2.24, 2.45) is 0 Å². The van der Waals surface area contributed by atoms with Gasteiger partial charge in [0.2, 0.25) is 0 Å². The minimum atomic E-state index is 0.342. The van der Waals surface area contributed by atoms with Crippen LogP contribution in [-0.4, -0.2) is 5.78 Å². The first-order valence-electron chi connectivity index (χ1n) is 5.26. The van der Waals surface area contributed by atoms with Gasteiger partial charge in [-0.15, -0.1) is 0 Å². The molecule has 0 spiro atoms. The summed E-state index contributed by atoms with van der Waals surface area (Å²) in [6.45, 7) is 0. The molecule has 1 aliphatic carbocycles. The number of Topliss-reactive ketones (excluding diaryl/α,β-unsaturated/α-hetero) is 1. The lowest BCUT2D eigenvalue weighted by molar-refractivity contribution is -0.116. The fraction of sp³-hybridized carbons (Fsp3) is 0.308. The van der Waals surface area contributed by atoms with Crippen molar-refractivity contribution in [2.45, 2.75) is 25.7 Å². The van der Waals surface area contributed by atoms with Gasteiger partial charge in [-0.2, -0.15) is 0 Å². The Morgan fingerprint density at radius 3 is 2.40 bits per heavy atom. The molecule has 0 unspecified atom stereocenters. The van der Waals surface area contributed by atoms with Crippen LogP contribution in [0.4, 0.5) is 0 Å². The number of benzene rings is 1. The van der Waals surface area contributed by atoms with E-state index in [1.807, 2.05) is 18.2 Å². The van der Waals surface area contributed by atoms with Crippen LogP contribution in [0, 0.1) is 0 Å². The number of carbonyl (C=O) groups is 1. The minimum absolute atomic E-state index is 0.342. The lowest BCUT2D eigenvalue weighted by Gasteiger charge is -2.15. The van der Waals surface area contributed by atoms with E-state index in [1.165, 1.54) is 5.56 Å². The molecule has 2 rings (SSSR count). The molecule has 1 saturated carbocycles. The molecule has 0 bridgehead atoms. The Morgan fingerprint density at radius 1 is 1.07 bits per heavy atom. The summed E-state index contributed by atoms with van der Waals surface area (Å²) in [6, 6.07) is 10.2. The maximum atomic E-state index is 11.7. The van der Waals surface area contributed by atoms with Gasteiger partial charge in [0, 0.05) is 15.6 Å². The molecule has 0 radical (unpaired) electrons. The third-order valence-electron chi connectivity index (χ3n) is 2.71. The molecular formula is C13H13IO. The number of rotatable bonds is 1. The first-order chi connectivity index (χ1) is 7.29. The summed E-state index contributed by atoms with van der Waals surface area (Å²) in [7, 11) is 0. The predicted molar refractivity (Wildman–Crippen MR) is 70.9 cm³/mol. The standard InChI is InChI=1S/C13H13IO/c14-13(10-6-2-1-3-7-10)11-8-4-5-9-12(11)15/h1-3,6-7H,4-5,8-9H2/b13-11-. The Labute approximate surface area is 104 Å². The van der Waals surface area contributed by atoms with E-state index in [0.29, 0.717) is 5.78 Å². The highest BCUT2D eigenvalue weighted by atomic mass is 127. The van der Waals surface area contributed by atoms with Crippen molar-refractivity contribution in [1.29, 1.82) is 0 Å². The Kier molecular flexibility index (Phi) is 3.57. The van der Waals surface area contributed by atoms with Gasteiger partial charge in [-0.3, -0.25) is 4.79 Å². The number of ketones is 1. The molecule has 0 atom stereocenters. The minimum Gasteiger partial charge on any atom is -0.295 e. The summed E-state index contributed by atoms with van der Waals surface area (Å²) in [6.07, 6.45) is 3.89. The molecular weight excluding hydrogens is 299 g/mol. The summed E-state index contributed by atoms with van der Waals surface area (Å²) in [5, 5.41) is 0. The maximum Gasteiger partial charge on any atom is 0.159 e. The van der Waals surface area contributed by atoms with E-state index in [-0.39, 0.29) is 0 Å². The SMILES string of the molecule is O=C1CCCC/C1=C(/I)c1ccccc1. The van der Waals surface area contributed by atoms with Crippen molar-refractivity contribution in [1.82, 2.24) is 0 Å². The second-order valence-corrected chi connectivity index (χ2v) is 4.87. The average molecular weight is 312 g/mol. The van der Waals surface area contributed by atoms with E-state index in [0.717, 1.165) is 34.8 Å². The van der Waals surface area contributed by atoms with Crippen LogP contribution in [-0.2, 0) is 4.79 Å². The average Bonchev–Trinajstić information content (AvgIpc) is 2.30. The summed E-state index contributed by atoms with van der Waals surface area (Å²) >= 11 is 2.30. The van der Waals surface area contributed by atoms with Crippen molar-refractivity contribution in [3.05, 3.63) is 41.5 Å². The molecule has 1 aliphatic rings. The molecule has 2 heteroatoms. The number of hydrogen-bond donors (Lipinski definition) is 0. The third-order valence-corrected chi connectivity index (χ3v) is 3.98. The zero-order valence-corrected chi connectivity index (χ0v) is 10.7. The van der Waals surface area contributed by atoms with Gasteiger partial charge in [0.1, 0.15) is 0 Å². The van der Waals surface area contributed by atoms with Crippen LogP contribution in [0.15, 0.2) is 35.9 Å². The zero-order valence-electron chi connectivity index (χ0n) is 8.50. The highest BCUT2D eigenvalue weighted by Gasteiger charge is 2.18. The Hall–Kier alpha value is -0.640. The largest absolute Gasteiger partial charge is 0.295 e. The van der Waals surface area contributed by atoms with Crippen LogP contribution in [0.1, 0.15) is 31.2 Å². The maximum absolute atomic E-state index is 11.7. The van der Waals surface area contributed by atoms with Gasteiger partial charge in [0.15, 0.2) is 5.78 Å². The van der Waals surface area contributed by atoms with E-state index >= 15 is 0 Å². The predicted octanol–water partition coefficient (Wildman–Crippen LogP) is 3.98. The Balaban J connectivity index is 2.35. The monoisotopic (exact) mass is 312 g/mol. The number of halogens is 1. The van der Waals surface area contributed by atoms with E-state index in [2.05, 4.69) is 34.7 Å². The van der Waals surface area contributed by atoms with Crippen LogP contribution < -0.4 is 0 Å². The summed E-state index contributed by atoms with van der Waals surface area (Å²) in [4.78, 5) is 11.7. The van der Waals surface area contributed by atoms with E-state index in [4.69, 9.17) is 0 Å². The second kappa shape index (κ2) is 4.92. The van der Waals surface area contributed by atoms with Crippen LogP contribution in [0.3, 0.4) is 0 Å². The molecule has 1 aromatic carbocycles. The Morgan fingerprint density at radius 2 is 1.73 bits per heavy atom. The van der Waals surface area contributed by atoms with Gasteiger partial charge in [-0.1, -0.05) is 30.3 Å². The zero-order chi connectivity index (χ0) is 10.7. The molecule has 1 fully saturated rings. The normalized spacial score (nSPS) is 20.2. The van der Waals surface area contributed by atoms with Crippen LogP contribution >= 0.6 is 22.6 Å². The number of hydrogen-bond acceptors (Lipinski definition) is 1. The summed E-state index contributed by atoms with van der Waals surface area (Å²) < 4.78 is 1.14. The third kappa shape index (κ3) is 2.48. The number of allylic oxidation sites excluding steroid dienone is 1. The molecule has 0 saturated heterocycles. The second-order valence-electron chi connectivity index (χ2n) is 3.79. The molecule has 15 heavy (non-hydrogen) atoms.